The Morgan fingerprint density at radius 2 is 1.80 bits per heavy atom. The number of aromatic nitrogens is 3. The number of hydrogen-bond acceptors (Lipinski definition) is 7. The van der Waals surface area contributed by atoms with E-state index in [-0.39, 0.29) is 5.97 Å². The highest BCUT2D eigenvalue weighted by molar-refractivity contribution is 7.99. The van der Waals surface area contributed by atoms with E-state index in [0.29, 0.717) is 30.9 Å². The Hall–Kier alpha value is -3.00. The Morgan fingerprint density at radius 1 is 1.03 bits per heavy atom. The number of carbonyl (C=O) groups is 1. The lowest BCUT2D eigenvalue weighted by Gasteiger charge is -2.13. The minimum Gasteiger partial charge on any atom is -0.493 e. The summed E-state index contributed by atoms with van der Waals surface area (Å²) in [5.74, 6) is 2.55. The molecule has 0 radical (unpaired) electrons. The summed E-state index contributed by atoms with van der Waals surface area (Å²) in [5, 5.41) is 9.58. The van der Waals surface area contributed by atoms with E-state index in [1.807, 2.05) is 60.0 Å². The van der Waals surface area contributed by atoms with Crippen molar-refractivity contribution in [3.05, 3.63) is 48.5 Å². The second kappa shape index (κ2) is 10.7. The minimum absolute atomic E-state index is 0.176. The van der Waals surface area contributed by atoms with Gasteiger partial charge in [0.15, 0.2) is 22.5 Å². The van der Waals surface area contributed by atoms with Crippen LogP contribution in [0.15, 0.2) is 53.7 Å². The monoisotopic (exact) mass is 427 g/mol. The number of hydrogen-bond donors (Lipinski definition) is 0. The molecule has 1 heterocycles. The molecular formula is C22H25N3O4S. The number of methoxy groups -OCH3 is 2. The van der Waals surface area contributed by atoms with E-state index < -0.39 is 0 Å². The first-order valence-corrected chi connectivity index (χ1v) is 10.7. The molecule has 1 aromatic heterocycles. The Balaban J connectivity index is 1.91. The number of rotatable bonds is 10. The molecule has 0 saturated carbocycles. The molecule has 0 aliphatic carbocycles. The Labute approximate surface area is 180 Å². The normalized spacial score (nSPS) is 10.6. The largest absolute Gasteiger partial charge is 0.493 e. The Morgan fingerprint density at radius 3 is 2.50 bits per heavy atom. The molecule has 0 saturated heterocycles. The molecule has 0 N–H and O–H groups in total. The van der Waals surface area contributed by atoms with Gasteiger partial charge in [-0.1, -0.05) is 42.1 Å². The smallest absolute Gasteiger partial charge is 0.305 e. The van der Waals surface area contributed by atoms with Gasteiger partial charge in [0.25, 0.3) is 0 Å². The van der Waals surface area contributed by atoms with Gasteiger partial charge in [-0.15, -0.1) is 10.2 Å². The van der Waals surface area contributed by atoms with Gasteiger partial charge >= 0.3 is 5.97 Å². The van der Waals surface area contributed by atoms with E-state index in [0.717, 1.165) is 28.0 Å². The standard InChI is InChI=1S/C22H25N3O4S/c1-4-29-20(26)11-8-14-30-22-24-23-21(16-9-6-5-7-10-16)25(22)17-12-13-18(27-2)19(15-17)28-3/h5-7,9-10,12-13,15H,4,8,11,14H2,1-3H3. The fourth-order valence-electron chi connectivity index (χ4n) is 2.95. The fraction of sp³-hybridized carbons (Fsp3) is 0.318. The third kappa shape index (κ3) is 5.13. The van der Waals surface area contributed by atoms with Crippen LogP contribution in [0.1, 0.15) is 19.8 Å². The molecule has 3 rings (SSSR count). The van der Waals surface area contributed by atoms with Gasteiger partial charge in [-0.05, 0) is 25.5 Å². The minimum atomic E-state index is -0.176. The predicted octanol–water partition coefficient (Wildman–Crippen LogP) is 4.39. The Bertz CT molecular complexity index is 976. The first-order valence-electron chi connectivity index (χ1n) is 9.69. The van der Waals surface area contributed by atoms with Crippen molar-refractivity contribution in [3.8, 4) is 28.6 Å². The first kappa shape index (κ1) is 21.7. The van der Waals surface area contributed by atoms with Crippen molar-refractivity contribution in [3.63, 3.8) is 0 Å². The van der Waals surface area contributed by atoms with E-state index >= 15 is 0 Å². The number of benzene rings is 2. The molecule has 0 atom stereocenters. The lowest BCUT2D eigenvalue weighted by Crippen LogP contribution is -2.04. The number of nitrogens with zero attached hydrogens (tertiary/aromatic N) is 3. The lowest BCUT2D eigenvalue weighted by molar-refractivity contribution is -0.143. The molecule has 2 aromatic carbocycles. The van der Waals surface area contributed by atoms with Gasteiger partial charge in [0.2, 0.25) is 0 Å². The number of esters is 1. The number of thioether (sulfide) groups is 1. The summed E-state index contributed by atoms with van der Waals surface area (Å²) in [6, 6.07) is 15.6. The van der Waals surface area contributed by atoms with Crippen molar-refractivity contribution < 1.29 is 19.0 Å². The highest BCUT2D eigenvalue weighted by Gasteiger charge is 2.18. The van der Waals surface area contributed by atoms with Crippen LogP contribution in [0, 0.1) is 0 Å². The highest BCUT2D eigenvalue weighted by atomic mass is 32.2. The van der Waals surface area contributed by atoms with Crippen LogP contribution in [0.5, 0.6) is 11.5 Å². The molecule has 158 valence electrons. The fourth-order valence-corrected chi connectivity index (χ4v) is 3.84. The highest BCUT2D eigenvalue weighted by Crippen LogP contribution is 2.33. The average molecular weight is 428 g/mol. The van der Waals surface area contributed by atoms with Gasteiger partial charge in [0.05, 0.1) is 26.5 Å². The van der Waals surface area contributed by atoms with Gasteiger partial charge in [0.1, 0.15) is 0 Å². The van der Waals surface area contributed by atoms with Gasteiger partial charge in [-0.3, -0.25) is 9.36 Å². The molecule has 0 fully saturated rings. The zero-order valence-electron chi connectivity index (χ0n) is 17.3. The van der Waals surface area contributed by atoms with Crippen LogP contribution in [0.4, 0.5) is 0 Å². The van der Waals surface area contributed by atoms with E-state index in [1.54, 1.807) is 26.0 Å². The molecule has 0 amide bonds. The topological polar surface area (TPSA) is 75.5 Å². The molecule has 3 aromatic rings. The van der Waals surface area contributed by atoms with E-state index in [4.69, 9.17) is 14.2 Å². The summed E-state index contributed by atoms with van der Waals surface area (Å²) in [4.78, 5) is 11.6. The number of carbonyl (C=O) groups excluding carboxylic acids is 1. The van der Waals surface area contributed by atoms with E-state index in [2.05, 4.69) is 10.2 Å². The van der Waals surface area contributed by atoms with Crippen LogP contribution in [-0.2, 0) is 9.53 Å². The molecule has 0 unspecified atom stereocenters. The van der Waals surface area contributed by atoms with Crippen molar-refractivity contribution in [2.45, 2.75) is 24.9 Å². The molecule has 0 aliphatic heterocycles. The predicted molar refractivity (Wildman–Crippen MR) is 116 cm³/mol. The lowest BCUT2D eigenvalue weighted by atomic mass is 10.2. The summed E-state index contributed by atoms with van der Waals surface area (Å²) < 4.78 is 17.8. The Kier molecular flexibility index (Phi) is 7.73. The van der Waals surface area contributed by atoms with Crippen molar-refractivity contribution in [2.24, 2.45) is 0 Å². The molecule has 0 spiro atoms. The summed E-state index contributed by atoms with van der Waals surface area (Å²) in [7, 11) is 3.22. The molecular weight excluding hydrogens is 402 g/mol. The van der Waals surface area contributed by atoms with Crippen LogP contribution < -0.4 is 9.47 Å². The molecule has 30 heavy (non-hydrogen) atoms. The second-order valence-corrected chi connectivity index (χ2v) is 7.37. The van der Waals surface area contributed by atoms with Gasteiger partial charge in [-0.2, -0.15) is 0 Å². The van der Waals surface area contributed by atoms with Crippen molar-refractivity contribution in [1.82, 2.24) is 14.8 Å². The molecule has 0 bridgehead atoms. The van der Waals surface area contributed by atoms with Crippen LogP contribution >= 0.6 is 11.8 Å². The van der Waals surface area contributed by atoms with E-state index in [9.17, 15) is 4.79 Å². The third-order valence-electron chi connectivity index (χ3n) is 4.35. The van der Waals surface area contributed by atoms with Crippen molar-refractivity contribution >= 4 is 17.7 Å². The zero-order valence-corrected chi connectivity index (χ0v) is 18.1. The molecule has 8 heteroatoms. The van der Waals surface area contributed by atoms with E-state index in [1.165, 1.54) is 0 Å². The summed E-state index contributed by atoms with van der Waals surface area (Å²) >= 11 is 1.55. The van der Waals surface area contributed by atoms with Gasteiger partial charge in [-0.25, -0.2) is 0 Å². The van der Waals surface area contributed by atoms with Gasteiger partial charge in [0, 0.05) is 23.8 Å². The quantitative estimate of drug-likeness (QED) is 0.270. The summed E-state index contributed by atoms with van der Waals surface area (Å²) in [5.41, 5.74) is 1.82. The van der Waals surface area contributed by atoms with Crippen molar-refractivity contribution in [1.29, 1.82) is 0 Å². The number of ether oxygens (including phenoxy) is 3. The SMILES string of the molecule is CCOC(=O)CCCSc1nnc(-c2ccccc2)n1-c1ccc(OC)c(OC)c1. The summed E-state index contributed by atoms with van der Waals surface area (Å²) in [6.07, 6.45) is 1.08. The first-order chi connectivity index (χ1) is 14.7. The molecule has 7 nitrogen and oxygen atoms in total. The van der Waals surface area contributed by atoms with Gasteiger partial charge < -0.3 is 14.2 Å². The maximum absolute atomic E-state index is 11.6. The van der Waals surface area contributed by atoms with Crippen LogP contribution in [0.2, 0.25) is 0 Å². The maximum Gasteiger partial charge on any atom is 0.305 e. The van der Waals surface area contributed by atoms with Crippen LogP contribution in [0.25, 0.3) is 17.1 Å². The van der Waals surface area contributed by atoms with Crippen LogP contribution in [-0.4, -0.2) is 47.3 Å². The average Bonchev–Trinajstić information content (AvgIpc) is 3.21. The third-order valence-corrected chi connectivity index (χ3v) is 5.37. The van der Waals surface area contributed by atoms with Crippen molar-refractivity contribution in [2.75, 3.05) is 26.6 Å². The summed E-state index contributed by atoms with van der Waals surface area (Å²) in [6.45, 7) is 2.21. The maximum atomic E-state index is 11.6. The van der Waals surface area contributed by atoms with Crippen LogP contribution in [0.3, 0.4) is 0 Å². The zero-order chi connectivity index (χ0) is 21.3. The molecule has 0 aliphatic rings. The second-order valence-electron chi connectivity index (χ2n) is 6.30.